The summed E-state index contributed by atoms with van der Waals surface area (Å²) >= 11 is 3.39. The van der Waals surface area contributed by atoms with Gasteiger partial charge in [0.25, 0.3) is 0 Å². The Labute approximate surface area is 156 Å². The van der Waals surface area contributed by atoms with E-state index in [4.69, 9.17) is 4.74 Å². The van der Waals surface area contributed by atoms with Crippen LogP contribution in [0.2, 0.25) is 0 Å². The van der Waals surface area contributed by atoms with E-state index < -0.39 is 12.1 Å². The number of rotatable bonds is 8. The maximum absolute atomic E-state index is 11.3. The molecule has 1 saturated heterocycles. The second kappa shape index (κ2) is 9.74. The molecule has 1 amide bonds. The number of ether oxygens (including phenoxy) is 1. The van der Waals surface area contributed by atoms with Gasteiger partial charge < -0.3 is 19.5 Å². The van der Waals surface area contributed by atoms with E-state index in [0.717, 1.165) is 41.3 Å². The lowest BCUT2D eigenvalue weighted by molar-refractivity contribution is -0.120. The number of hydrogen-bond acceptors (Lipinski definition) is 5. The summed E-state index contributed by atoms with van der Waals surface area (Å²) in [5.41, 5.74) is 0. The second-order valence-electron chi connectivity index (χ2n) is 5.96. The summed E-state index contributed by atoms with van der Waals surface area (Å²) in [4.78, 5) is 24.5. The Morgan fingerprint density at radius 1 is 1.32 bits per heavy atom. The molecule has 7 nitrogen and oxygen atoms in total. The molecular formula is C17H24BrN3O4. The first kappa shape index (κ1) is 19.7. The summed E-state index contributed by atoms with van der Waals surface area (Å²) in [6, 6.07) is 7.09. The number of benzene rings is 1. The summed E-state index contributed by atoms with van der Waals surface area (Å²) in [6.45, 7) is 5.87. The van der Waals surface area contributed by atoms with E-state index in [-0.39, 0.29) is 0 Å². The predicted octanol–water partition coefficient (Wildman–Crippen LogP) is 2.32. The zero-order valence-electron chi connectivity index (χ0n) is 14.3. The molecule has 1 atom stereocenters. The van der Waals surface area contributed by atoms with Crippen molar-refractivity contribution in [2.75, 3.05) is 39.3 Å². The smallest absolute Gasteiger partial charge is 0.422 e. The molecule has 1 unspecified atom stereocenters. The maximum Gasteiger partial charge on any atom is 0.422 e. The van der Waals surface area contributed by atoms with Crippen LogP contribution < -0.4 is 4.74 Å². The molecule has 1 aliphatic heterocycles. The molecular weight excluding hydrogens is 390 g/mol. The largest absolute Gasteiger partial charge is 0.494 e. The fourth-order valence-corrected chi connectivity index (χ4v) is 3.06. The number of amides is 1. The molecule has 0 bridgehead atoms. The number of carbonyl (C=O) groups is 2. The summed E-state index contributed by atoms with van der Waals surface area (Å²) in [6.07, 6.45) is 0.472. The van der Waals surface area contributed by atoms with Gasteiger partial charge in [-0.1, -0.05) is 15.9 Å². The Kier molecular flexibility index (Phi) is 7.67. The van der Waals surface area contributed by atoms with Gasteiger partial charge in [0.2, 0.25) is 0 Å². The fraction of sp³-hybridized carbons (Fsp3) is 0.529. The van der Waals surface area contributed by atoms with Crippen molar-refractivity contribution in [2.45, 2.75) is 19.4 Å². The van der Waals surface area contributed by atoms with Crippen molar-refractivity contribution in [3.05, 3.63) is 28.7 Å². The molecule has 138 valence electrons. The molecule has 0 aromatic heterocycles. The fourth-order valence-electron chi connectivity index (χ4n) is 2.80. The topological polar surface area (TPSA) is 73.3 Å². The van der Waals surface area contributed by atoms with Crippen molar-refractivity contribution in [1.82, 2.24) is 14.9 Å². The Morgan fingerprint density at radius 3 is 2.52 bits per heavy atom. The van der Waals surface area contributed by atoms with Gasteiger partial charge >= 0.3 is 6.09 Å². The average Bonchev–Trinajstić information content (AvgIpc) is 2.61. The molecule has 1 aromatic carbocycles. The molecule has 1 aliphatic rings. The van der Waals surface area contributed by atoms with Crippen LogP contribution in [0.4, 0.5) is 4.79 Å². The van der Waals surface area contributed by atoms with Crippen molar-refractivity contribution in [3.8, 4) is 5.75 Å². The van der Waals surface area contributed by atoms with Crippen LogP contribution in [-0.4, -0.2) is 77.8 Å². The number of hydrazine groups is 1. The van der Waals surface area contributed by atoms with E-state index in [0.29, 0.717) is 26.0 Å². The van der Waals surface area contributed by atoms with Crippen molar-refractivity contribution in [3.63, 3.8) is 0 Å². The Balaban J connectivity index is 1.68. The third-order valence-corrected chi connectivity index (χ3v) is 4.66. The molecule has 2 rings (SSSR count). The number of piperazine rings is 1. The van der Waals surface area contributed by atoms with Crippen molar-refractivity contribution >= 4 is 28.3 Å². The normalized spacial score (nSPS) is 17.0. The number of aldehydes is 1. The van der Waals surface area contributed by atoms with Crippen LogP contribution in [0.5, 0.6) is 5.75 Å². The first-order chi connectivity index (χ1) is 12.0. The molecule has 0 spiro atoms. The van der Waals surface area contributed by atoms with Gasteiger partial charge in [0.15, 0.2) is 0 Å². The standard InChI is InChI=1S/C17H24BrN3O4/c1-14(13-22)21(17(23)24)20-10-8-19(9-11-20)7-2-12-25-16-5-3-15(18)4-6-16/h3-6,13-14H,2,7-12H2,1H3,(H,23,24). The van der Waals surface area contributed by atoms with Gasteiger partial charge in [-0.15, -0.1) is 0 Å². The van der Waals surface area contributed by atoms with E-state index in [1.165, 1.54) is 0 Å². The SMILES string of the molecule is CC(C=O)N(C(=O)O)N1CCN(CCCOc2ccc(Br)cc2)CC1. The summed E-state index contributed by atoms with van der Waals surface area (Å²) in [5.74, 6) is 0.855. The van der Waals surface area contributed by atoms with Crippen LogP contribution in [0.25, 0.3) is 0 Å². The van der Waals surface area contributed by atoms with E-state index in [1.807, 2.05) is 24.3 Å². The van der Waals surface area contributed by atoms with Crippen molar-refractivity contribution in [1.29, 1.82) is 0 Å². The van der Waals surface area contributed by atoms with E-state index in [2.05, 4.69) is 20.8 Å². The Hall–Kier alpha value is -1.64. The number of halogens is 1. The second-order valence-corrected chi connectivity index (χ2v) is 6.87. The third kappa shape index (κ3) is 5.98. The first-order valence-corrected chi connectivity index (χ1v) is 9.13. The highest BCUT2D eigenvalue weighted by Crippen LogP contribution is 2.16. The van der Waals surface area contributed by atoms with Crippen LogP contribution in [-0.2, 0) is 4.79 Å². The third-order valence-electron chi connectivity index (χ3n) is 4.13. The van der Waals surface area contributed by atoms with Gasteiger partial charge in [-0.3, -0.25) is 0 Å². The molecule has 0 saturated carbocycles. The van der Waals surface area contributed by atoms with Crippen LogP contribution in [0.1, 0.15) is 13.3 Å². The Morgan fingerprint density at radius 2 is 1.96 bits per heavy atom. The van der Waals surface area contributed by atoms with Crippen LogP contribution >= 0.6 is 15.9 Å². The monoisotopic (exact) mass is 413 g/mol. The molecule has 1 fully saturated rings. The van der Waals surface area contributed by atoms with E-state index >= 15 is 0 Å². The predicted molar refractivity (Wildman–Crippen MR) is 97.7 cm³/mol. The minimum Gasteiger partial charge on any atom is -0.494 e. The number of carboxylic acid groups (broad SMARTS) is 1. The van der Waals surface area contributed by atoms with Gasteiger partial charge in [-0.05, 0) is 37.6 Å². The quantitative estimate of drug-likeness (QED) is 0.520. The lowest BCUT2D eigenvalue weighted by Crippen LogP contribution is -2.58. The van der Waals surface area contributed by atoms with Gasteiger partial charge in [-0.2, -0.15) is 0 Å². The lowest BCUT2D eigenvalue weighted by atomic mass is 10.3. The molecule has 1 heterocycles. The summed E-state index contributed by atoms with van der Waals surface area (Å²) in [7, 11) is 0. The van der Waals surface area contributed by atoms with Crippen molar-refractivity contribution < 1.29 is 19.4 Å². The lowest BCUT2D eigenvalue weighted by Gasteiger charge is -2.41. The number of hydrogen-bond donors (Lipinski definition) is 1. The molecule has 1 aromatic rings. The van der Waals surface area contributed by atoms with Crippen LogP contribution in [0, 0.1) is 0 Å². The maximum atomic E-state index is 11.3. The summed E-state index contributed by atoms with van der Waals surface area (Å²) < 4.78 is 6.73. The highest BCUT2D eigenvalue weighted by atomic mass is 79.9. The Bertz CT molecular complexity index is 562. The highest BCUT2D eigenvalue weighted by molar-refractivity contribution is 9.10. The van der Waals surface area contributed by atoms with E-state index in [1.54, 1.807) is 11.9 Å². The summed E-state index contributed by atoms with van der Waals surface area (Å²) in [5, 5.41) is 12.1. The van der Waals surface area contributed by atoms with Gasteiger partial charge in [0.1, 0.15) is 18.1 Å². The van der Waals surface area contributed by atoms with Crippen molar-refractivity contribution in [2.24, 2.45) is 0 Å². The van der Waals surface area contributed by atoms with Gasteiger partial charge in [0, 0.05) is 37.2 Å². The van der Waals surface area contributed by atoms with Gasteiger partial charge in [-0.25, -0.2) is 14.8 Å². The molecule has 0 aliphatic carbocycles. The minimum absolute atomic E-state index is 0.595. The minimum atomic E-state index is -1.09. The zero-order valence-corrected chi connectivity index (χ0v) is 15.9. The average molecular weight is 414 g/mol. The highest BCUT2D eigenvalue weighted by Gasteiger charge is 2.28. The van der Waals surface area contributed by atoms with Crippen LogP contribution in [0.15, 0.2) is 28.7 Å². The zero-order chi connectivity index (χ0) is 18.2. The van der Waals surface area contributed by atoms with Crippen LogP contribution in [0.3, 0.4) is 0 Å². The first-order valence-electron chi connectivity index (χ1n) is 8.34. The van der Waals surface area contributed by atoms with Gasteiger partial charge in [0.05, 0.1) is 6.61 Å². The molecule has 8 heteroatoms. The molecule has 1 N–H and O–H groups in total. The van der Waals surface area contributed by atoms with E-state index in [9.17, 15) is 14.7 Å². The number of nitrogens with zero attached hydrogens (tertiary/aromatic N) is 3. The number of carbonyl (C=O) groups excluding carboxylic acids is 1. The molecule has 0 radical (unpaired) electrons. The molecule has 25 heavy (non-hydrogen) atoms.